The van der Waals surface area contributed by atoms with Crippen LogP contribution in [0.1, 0.15) is 28.5 Å². The number of hydrogen-bond donors (Lipinski definition) is 1. The lowest BCUT2D eigenvalue weighted by Crippen LogP contribution is -2.26. The molecule has 158 valence electrons. The van der Waals surface area contributed by atoms with Crippen molar-refractivity contribution >= 4 is 22.9 Å². The number of H-pyrrole nitrogens is 1. The molecule has 0 radical (unpaired) electrons. The van der Waals surface area contributed by atoms with Crippen molar-refractivity contribution in [1.82, 2.24) is 19.4 Å². The number of amides is 1. The molecule has 4 aromatic rings. The molecule has 1 amide bonds. The Morgan fingerprint density at radius 3 is 2.81 bits per heavy atom. The van der Waals surface area contributed by atoms with E-state index in [1.807, 2.05) is 44.2 Å². The largest absolute Gasteiger partial charge is 0.467 e. The van der Waals surface area contributed by atoms with E-state index in [2.05, 4.69) is 14.5 Å². The number of likely N-dealkylation sites (N-methyl/N-ethyl adjacent to an activating group) is 1. The topological polar surface area (TPSA) is 84.1 Å². The molecule has 0 unspecified atom stereocenters. The highest BCUT2D eigenvalue weighted by Gasteiger charge is 2.12. The lowest BCUT2D eigenvalue weighted by molar-refractivity contribution is -0.125. The second-order valence-electron chi connectivity index (χ2n) is 7.55. The fourth-order valence-corrected chi connectivity index (χ4v) is 3.60. The minimum absolute atomic E-state index is 0.174. The maximum absolute atomic E-state index is 12.6. The Labute approximate surface area is 179 Å². The van der Waals surface area contributed by atoms with Gasteiger partial charge in [0.1, 0.15) is 11.6 Å². The SMILES string of the molecule is Cc1cc(/C=C/C(=O)N(C)Cc2nc3ccccc3c(=O)[nH]2)c(C)n1Cc1ccco1. The number of fused-ring (bicyclic) bond motifs is 1. The molecule has 0 atom stereocenters. The maximum atomic E-state index is 12.6. The normalized spacial score (nSPS) is 11.5. The molecular weight excluding hydrogens is 392 g/mol. The molecule has 0 fully saturated rings. The van der Waals surface area contributed by atoms with Gasteiger partial charge in [0.25, 0.3) is 5.56 Å². The Balaban J connectivity index is 1.47. The first kappa shape index (κ1) is 20.4. The molecule has 0 aliphatic carbocycles. The summed E-state index contributed by atoms with van der Waals surface area (Å²) in [5.41, 5.74) is 3.53. The Morgan fingerprint density at radius 2 is 2.03 bits per heavy atom. The van der Waals surface area contributed by atoms with Crippen molar-refractivity contribution in [1.29, 1.82) is 0 Å². The van der Waals surface area contributed by atoms with Gasteiger partial charge in [0.15, 0.2) is 0 Å². The molecule has 0 saturated carbocycles. The van der Waals surface area contributed by atoms with E-state index < -0.39 is 0 Å². The van der Waals surface area contributed by atoms with Gasteiger partial charge in [0.2, 0.25) is 5.91 Å². The van der Waals surface area contributed by atoms with Crippen LogP contribution < -0.4 is 5.56 Å². The zero-order valence-electron chi connectivity index (χ0n) is 17.8. The Morgan fingerprint density at radius 1 is 1.23 bits per heavy atom. The van der Waals surface area contributed by atoms with E-state index in [4.69, 9.17) is 4.42 Å². The summed E-state index contributed by atoms with van der Waals surface area (Å²) >= 11 is 0. The molecular formula is C24H24N4O3. The predicted octanol–water partition coefficient (Wildman–Crippen LogP) is 3.65. The molecule has 7 nitrogen and oxygen atoms in total. The quantitative estimate of drug-likeness (QED) is 0.486. The molecule has 31 heavy (non-hydrogen) atoms. The van der Waals surface area contributed by atoms with Crippen molar-refractivity contribution < 1.29 is 9.21 Å². The van der Waals surface area contributed by atoms with Crippen LogP contribution in [-0.2, 0) is 17.9 Å². The van der Waals surface area contributed by atoms with Gasteiger partial charge < -0.3 is 18.9 Å². The molecule has 1 N–H and O–H groups in total. The summed E-state index contributed by atoms with van der Waals surface area (Å²) in [5, 5.41) is 0.532. The van der Waals surface area contributed by atoms with Crippen molar-refractivity contribution in [2.75, 3.05) is 7.05 Å². The minimum atomic E-state index is -0.207. The van der Waals surface area contributed by atoms with Gasteiger partial charge in [-0.05, 0) is 55.8 Å². The number of rotatable bonds is 6. The number of nitrogens with one attached hydrogen (secondary N) is 1. The molecule has 0 spiro atoms. The fourth-order valence-electron chi connectivity index (χ4n) is 3.60. The summed E-state index contributed by atoms with van der Waals surface area (Å²) in [5.74, 6) is 1.15. The van der Waals surface area contributed by atoms with Crippen molar-refractivity contribution in [2.45, 2.75) is 26.9 Å². The average Bonchev–Trinajstić information content (AvgIpc) is 3.36. The van der Waals surface area contributed by atoms with Crippen LogP contribution in [0.3, 0.4) is 0 Å². The summed E-state index contributed by atoms with van der Waals surface area (Å²) in [6.07, 6.45) is 5.02. The first-order valence-corrected chi connectivity index (χ1v) is 10.0. The summed E-state index contributed by atoms with van der Waals surface area (Å²) in [7, 11) is 1.68. The molecule has 3 aromatic heterocycles. The van der Waals surface area contributed by atoms with Gasteiger partial charge in [-0.25, -0.2) is 4.98 Å². The second kappa shape index (κ2) is 8.47. The van der Waals surface area contributed by atoms with Crippen LogP contribution in [0.5, 0.6) is 0 Å². The van der Waals surface area contributed by atoms with E-state index in [9.17, 15) is 9.59 Å². The smallest absolute Gasteiger partial charge is 0.258 e. The number of furan rings is 1. The molecule has 0 aliphatic rings. The van der Waals surface area contributed by atoms with E-state index in [1.165, 1.54) is 11.0 Å². The summed E-state index contributed by atoms with van der Waals surface area (Å²) in [6.45, 7) is 4.91. The van der Waals surface area contributed by atoms with Gasteiger partial charge >= 0.3 is 0 Å². The van der Waals surface area contributed by atoms with E-state index in [0.29, 0.717) is 23.3 Å². The number of carbonyl (C=O) groups excluding carboxylic acids is 1. The average molecular weight is 416 g/mol. The molecule has 3 heterocycles. The summed E-state index contributed by atoms with van der Waals surface area (Å²) in [6, 6.07) is 13.0. The van der Waals surface area contributed by atoms with Gasteiger partial charge in [-0.2, -0.15) is 0 Å². The van der Waals surface area contributed by atoms with Crippen LogP contribution in [0, 0.1) is 13.8 Å². The summed E-state index contributed by atoms with van der Waals surface area (Å²) in [4.78, 5) is 33.6. The highest BCUT2D eigenvalue weighted by Crippen LogP contribution is 2.19. The third kappa shape index (κ3) is 4.35. The van der Waals surface area contributed by atoms with Crippen LogP contribution in [0.2, 0.25) is 0 Å². The zero-order chi connectivity index (χ0) is 22.0. The van der Waals surface area contributed by atoms with E-state index in [1.54, 1.807) is 31.5 Å². The van der Waals surface area contributed by atoms with Crippen LogP contribution in [0.4, 0.5) is 0 Å². The highest BCUT2D eigenvalue weighted by atomic mass is 16.3. The standard InChI is InChI=1S/C24H24N4O3/c1-16-13-18(17(2)28(16)14-19-7-6-12-31-19)10-11-23(29)27(3)15-22-25-21-9-5-4-8-20(21)24(30)26-22/h4-13H,14-15H2,1-3H3,(H,25,26,30)/b11-10+. The third-order valence-corrected chi connectivity index (χ3v) is 5.34. The number of hydrogen-bond acceptors (Lipinski definition) is 4. The van der Waals surface area contributed by atoms with Gasteiger partial charge in [0.05, 0.1) is 30.3 Å². The number of para-hydroxylation sites is 1. The number of aromatic amines is 1. The van der Waals surface area contributed by atoms with Crippen molar-refractivity contribution in [3.63, 3.8) is 0 Å². The Bertz CT molecular complexity index is 1310. The Kier molecular flexibility index (Phi) is 5.58. The first-order chi connectivity index (χ1) is 14.9. The van der Waals surface area contributed by atoms with E-state index in [-0.39, 0.29) is 18.0 Å². The number of aryl methyl sites for hydroxylation is 1. The highest BCUT2D eigenvalue weighted by molar-refractivity contribution is 5.91. The van der Waals surface area contributed by atoms with E-state index in [0.717, 1.165) is 22.7 Å². The van der Waals surface area contributed by atoms with E-state index >= 15 is 0 Å². The minimum Gasteiger partial charge on any atom is -0.467 e. The first-order valence-electron chi connectivity index (χ1n) is 10.0. The molecule has 4 rings (SSSR count). The van der Waals surface area contributed by atoms with Gasteiger partial charge in [0, 0.05) is 24.5 Å². The Hall–Kier alpha value is -3.87. The number of benzene rings is 1. The zero-order valence-corrected chi connectivity index (χ0v) is 17.8. The monoisotopic (exact) mass is 416 g/mol. The van der Waals surface area contributed by atoms with Crippen LogP contribution in [-0.4, -0.2) is 32.4 Å². The van der Waals surface area contributed by atoms with Crippen molar-refractivity contribution in [2.24, 2.45) is 0 Å². The summed E-state index contributed by atoms with van der Waals surface area (Å²) < 4.78 is 7.60. The maximum Gasteiger partial charge on any atom is 0.258 e. The number of nitrogens with zero attached hydrogens (tertiary/aromatic N) is 3. The number of aromatic nitrogens is 3. The van der Waals surface area contributed by atoms with Gasteiger partial charge in [-0.3, -0.25) is 9.59 Å². The van der Waals surface area contributed by atoms with Crippen LogP contribution in [0.25, 0.3) is 17.0 Å². The fraction of sp³-hybridized carbons (Fsp3) is 0.208. The molecule has 1 aromatic carbocycles. The lowest BCUT2D eigenvalue weighted by atomic mass is 10.2. The predicted molar refractivity (Wildman–Crippen MR) is 120 cm³/mol. The van der Waals surface area contributed by atoms with Crippen LogP contribution in [0.15, 0.2) is 64.0 Å². The van der Waals surface area contributed by atoms with Crippen molar-refractivity contribution in [3.8, 4) is 0 Å². The molecule has 7 heteroatoms. The van der Waals surface area contributed by atoms with Gasteiger partial charge in [-0.15, -0.1) is 0 Å². The second-order valence-corrected chi connectivity index (χ2v) is 7.55. The van der Waals surface area contributed by atoms with Crippen LogP contribution >= 0.6 is 0 Å². The molecule has 0 saturated heterocycles. The van der Waals surface area contributed by atoms with Gasteiger partial charge in [-0.1, -0.05) is 12.1 Å². The number of carbonyl (C=O) groups is 1. The molecule has 0 bridgehead atoms. The third-order valence-electron chi connectivity index (χ3n) is 5.34. The lowest BCUT2D eigenvalue weighted by Gasteiger charge is -2.14. The van der Waals surface area contributed by atoms with Crippen molar-refractivity contribution in [3.05, 3.63) is 93.7 Å². The molecule has 0 aliphatic heterocycles.